The van der Waals surface area contributed by atoms with Crippen LogP contribution in [-0.2, 0) is 6.54 Å². The van der Waals surface area contributed by atoms with E-state index in [4.69, 9.17) is 0 Å². The molecule has 2 nitrogen and oxygen atoms in total. The molecule has 0 bridgehead atoms. The molecule has 2 heteroatoms. The van der Waals surface area contributed by atoms with Crippen LogP contribution in [0.2, 0.25) is 0 Å². The first-order valence-corrected chi connectivity index (χ1v) is 11.4. The zero-order chi connectivity index (χ0) is 17.8. The van der Waals surface area contributed by atoms with Crippen molar-refractivity contribution in [3.05, 3.63) is 28.8 Å². The molecule has 3 fully saturated rings. The van der Waals surface area contributed by atoms with E-state index in [2.05, 4.69) is 17.0 Å². The Morgan fingerprint density at radius 1 is 0.692 bits per heavy atom. The third-order valence-corrected chi connectivity index (χ3v) is 7.17. The highest BCUT2D eigenvalue weighted by Gasteiger charge is 2.26. The third-order valence-electron chi connectivity index (χ3n) is 7.17. The average Bonchev–Trinajstić information content (AvgIpc) is 2.71. The molecule has 0 atom stereocenters. The van der Waals surface area contributed by atoms with Crippen LogP contribution in [0.5, 0.6) is 5.75 Å². The SMILES string of the molecule is Oc1c(C2CCCCC2)cc(CN2CCCCC2)cc1C1CCCCC1. The van der Waals surface area contributed by atoms with Crippen LogP contribution < -0.4 is 0 Å². The molecule has 2 saturated carbocycles. The Morgan fingerprint density at radius 3 is 1.65 bits per heavy atom. The van der Waals surface area contributed by atoms with Crippen LogP contribution in [0, 0.1) is 0 Å². The van der Waals surface area contributed by atoms with Crippen LogP contribution in [0.4, 0.5) is 0 Å². The van der Waals surface area contributed by atoms with Gasteiger partial charge in [0.2, 0.25) is 0 Å². The Labute approximate surface area is 160 Å². The molecule has 2 aliphatic carbocycles. The number of phenolic OH excluding ortho intramolecular Hbond substituents is 1. The molecule has 0 unspecified atom stereocenters. The van der Waals surface area contributed by atoms with Gasteiger partial charge in [-0.25, -0.2) is 0 Å². The summed E-state index contributed by atoms with van der Waals surface area (Å²) in [5, 5.41) is 11.2. The Kier molecular flexibility index (Phi) is 6.20. The number of hydrogen-bond acceptors (Lipinski definition) is 2. The van der Waals surface area contributed by atoms with E-state index >= 15 is 0 Å². The molecule has 1 aromatic rings. The largest absolute Gasteiger partial charge is 0.507 e. The van der Waals surface area contributed by atoms with Crippen molar-refractivity contribution in [2.24, 2.45) is 0 Å². The number of benzene rings is 1. The van der Waals surface area contributed by atoms with E-state index in [1.54, 1.807) is 0 Å². The molecule has 4 rings (SSSR count). The standard InChI is InChI=1S/C24H37NO/c26-24-22(20-10-4-1-5-11-20)16-19(18-25-14-8-3-9-15-25)17-23(24)21-12-6-2-7-13-21/h16-17,20-21,26H,1-15,18H2. The van der Waals surface area contributed by atoms with E-state index in [0.717, 1.165) is 6.54 Å². The molecule has 0 radical (unpaired) electrons. The van der Waals surface area contributed by atoms with Gasteiger partial charge >= 0.3 is 0 Å². The van der Waals surface area contributed by atoms with Crippen molar-refractivity contribution in [2.45, 2.75) is 102 Å². The van der Waals surface area contributed by atoms with Crippen molar-refractivity contribution in [3.63, 3.8) is 0 Å². The molecule has 0 amide bonds. The van der Waals surface area contributed by atoms with Crippen LogP contribution in [0.1, 0.15) is 112 Å². The highest BCUT2D eigenvalue weighted by Crippen LogP contribution is 2.44. The summed E-state index contributed by atoms with van der Waals surface area (Å²) >= 11 is 0. The van der Waals surface area contributed by atoms with Gasteiger partial charge < -0.3 is 5.11 Å². The lowest BCUT2D eigenvalue weighted by Gasteiger charge is -2.30. The summed E-state index contributed by atoms with van der Waals surface area (Å²) in [6.45, 7) is 3.58. The summed E-state index contributed by atoms with van der Waals surface area (Å²) < 4.78 is 0. The Balaban J connectivity index is 1.63. The zero-order valence-electron chi connectivity index (χ0n) is 16.5. The van der Waals surface area contributed by atoms with Crippen molar-refractivity contribution in [3.8, 4) is 5.75 Å². The van der Waals surface area contributed by atoms with Crippen molar-refractivity contribution in [2.75, 3.05) is 13.1 Å². The first-order valence-electron chi connectivity index (χ1n) is 11.4. The summed E-state index contributed by atoms with van der Waals surface area (Å²) in [4.78, 5) is 2.63. The summed E-state index contributed by atoms with van der Waals surface area (Å²) in [6, 6.07) is 4.76. The second kappa shape index (κ2) is 8.78. The van der Waals surface area contributed by atoms with Gasteiger partial charge in [-0.15, -0.1) is 0 Å². The minimum atomic E-state index is 0.590. The second-order valence-corrected chi connectivity index (χ2v) is 9.13. The molecule has 1 heterocycles. The number of likely N-dealkylation sites (tertiary alicyclic amines) is 1. The summed E-state index contributed by atoms with van der Waals surface area (Å²) in [6.07, 6.45) is 17.3. The molecule has 3 aliphatic rings. The minimum absolute atomic E-state index is 0.590. The number of aromatic hydroxyl groups is 1. The van der Waals surface area contributed by atoms with E-state index in [-0.39, 0.29) is 0 Å². The number of piperidine rings is 1. The fourth-order valence-electron chi connectivity index (χ4n) is 5.66. The van der Waals surface area contributed by atoms with Crippen molar-refractivity contribution < 1.29 is 5.11 Å². The molecule has 26 heavy (non-hydrogen) atoms. The molecular formula is C24H37NO. The number of nitrogens with zero attached hydrogens (tertiary/aromatic N) is 1. The lowest BCUT2D eigenvalue weighted by atomic mass is 9.78. The van der Waals surface area contributed by atoms with Crippen LogP contribution in [0.3, 0.4) is 0 Å². The van der Waals surface area contributed by atoms with Gasteiger partial charge in [0.05, 0.1) is 0 Å². The van der Waals surface area contributed by atoms with Crippen molar-refractivity contribution >= 4 is 0 Å². The lowest BCUT2D eigenvalue weighted by Crippen LogP contribution is -2.29. The normalized spacial score (nSPS) is 24.0. The van der Waals surface area contributed by atoms with Crippen LogP contribution >= 0.6 is 0 Å². The van der Waals surface area contributed by atoms with Crippen LogP contribution in [0.15, 0.2) is 12.1 Å². The van der Waals surface area contributed by atoms with E-state index in [1.165, 1.54) is 113 Å². The molecule has 1 saturated heterocycles. The average molecular weight is 356 g/mol. The van der Waals surface area contributed by atoms with E-state index in [1.807, 2.05) is 0 Å². The predicted octanol–water partition coefficient (Wildman–Crippen LogP) is 6.47. The second-order valence-electron chi connectivity index (χ2n) is 9.13. The zero-order valence-corrected chi connectivity index (χ0v) is 16.5. The van der Waals surface area contributed by atoms with Crippen LogP contribution in [0.25, 0.3) is 0 Å². The van der Waals surface area contributed by atoms with Gasteiger partial charge in [0, 0.05) is 6.54 Å². The van der Waals surface area contributed by atoms with E-state index < -0.39 is 0 Å². The highest BCUT2D eigenvalue weighted by atomic mass is 16.3. The summed E-state index contributed by atoms with van der Waals surface area (Å²) in [7, 11) is 0. The Hall–Kier alpha value is -1.02. The highest BCUT2D eigenvalue weighted by molar-refractivity contribution is 5.47. The predicted molar refractivity (Wildman–Crippen MR) is 109 cm³/mol. The maximum atomic E-state index is 11.2. The lowest BCUT2D eigenvalue weighted by molar-refractivity contribution is 0.220. The van der Waals surface area contributed by atoms with Gasteiger partial charge in [-0.05, 0) is 80.1 Å². The van der Waals surface area contributed by atoms with E-state index in [9.17, 15) is 5.11 Å². The summed E-state index contributed by atoms with van der Waals surface area (Å²) in [5.74, 6) is 1.85. The summed E-state index contributed by atoms with van der Waals surface area (Å²) in [5.41, 5.74) is 4.05. The monoisotopic (exact) mass is 355 g/mol. The van der Waals surface area contributed by atoms with Gasteiger partial charge in [-0.2, -0.15) is 0 Å². The van der Waals surface area contributed by atoms with Crippen molar-refractivity contribution in [1.29, 1.82) is 0 Å². The number of rotatable bonds is 4. The fraction of sp³-hybridized carbons (Fsp3) is 0.750. The van der Waals surface area contributed by atoms with Gasteiger partial charge in [0.1, 0.15) is 5.75 Å². The Bertz CT molecular complexity index is 539. The molecule has 0 spiro atoms. The molecule has 1 aromatic carbocycles. The maximum absolute atomic E-state index is 11.2. The van der Waals surface area contributed by atoms with Crippen LogP contribution in [-0.4, -0.2) is 23.1 Å². The van der Waals surface area contributed by atoms with Gasteiger partial charge in [-0.1, -0.05) is 57.1 Å². The molecule has 1 aliphatic heterocycles. The molecule has 144 valence electrons. The molecule has 1 N–H and O–H groups in total. The van der Waals surface area contributed by atoms with E-state index in [0.29, 0.717) is 17.6 Å². The maximum Gasteiger partial charge on any atom is 0.122 e. The molecule has 0 aromatic heterocycles. The van der Waals surface area contributed by atoms with Crippen molar-refractivity contribution in [1.82, 2.24) is 4.90 Å². The third kappa shape index (κ3) is 4.27. The quantitative estimate of drug-likeness (QED) is 0.668. The fourth-order valence-corrected chi connectivity index (χ4v) is 5.66. The minimum Gasteiger partial charge on any atom is -0.507 e. The van der Waals surface area contributed by atoms with Gasteiger partial charge in [-0.3, -0.25) is 4.90 Å². The topological polar surface area (TPSA) is 23.5 Å². The van der Waals surface area contributed by atoms with Gasteiger partial charge in [0.15, 0.2) is 0 Å². The number of phenols is 1. The smallest absolute Gasteiger partial charge is 0.122 e. The number of hydrogen-bond donors (Lipinski definition) is 1. The Morgan fingerprint density at radius 2 is 1.15 bits per heavy atom. The first kappa shape index (κ1) is 18.3. The van der Waals surface area contributed by atoms with Gasteiger partial charge in [0.25, 0.3) is 0 Å². The first-order chi connectivity index (χ1) is 12.8. The molecular weight excluding hydrogens is 318 g/mol.